The number of hydrogen-bond acceptors (Lipinski definition) is 4. The minimum absolute atomic E-state index is 0.284. The maximum atomic E-state index is 11.3. The second-order valence-electron chi connectivity index (χ2n) is 5.61. The molecular weight excluding hydrogens is 268 g/mol. The van der Waals surface area contributed by atoms with Crippen molar-refractivity contribution in [2.24, 2.45) is 5.92 Å². The normalized spacial score (nSPS) is 32.2. The fourth-order valence-electron chi connectivity index (χ4n) is 3.48. The quantitative estimate of drug-likeness (QED) is 0.758. The van der Waals surface area contributed by atoms with Crippen LogP contribution in [0.2, 0.25) is 0 Å². The number of carboxylic acids is 1. The maximum Gasteiger partial charge on any atom is 0.320 e. The molecule has 0 spiro atoms. The van der Waals surface area contributed by atoms with Gasteiger partial charge in [0.15, 0.2) is 0 Å². The summed E-state index contributed by atoms with van der Waals surface area (Å²) in [6.07, 6.45) is 6.29. The van der Waals surface area contributed by atoms with Crippen LogP contribution in [0.1, 0.15) is 32.1 Å². The molecule has 0 aromatic heterocycles. The number of fused-ring (bicyclic) bond motifs is 1. The fourth-order valence-corrected chi connectivity index (χ4v) is 3.94. The molecule has 0 radical (unpaired) electrons. The Bertz CT molecular complexity index is 437. The number of aliphatic carboxylic acids is 1. The summed E-state index contributed by atoms with van der Waals surface area (Å²) >= 11 is 0. The van der Waals surface area contributed by atoms with Crippen molar-refractivity contribution in [1.82, 2.24) is 9.62 Å². The molecule has 1 aliphatic heterocycles. The first-order valence-corrected chi connectivity index (χ1v) is 8.71. The molecule has 6 nitrogen and oxygen atoms in total. The highest BCUT2D eigenvalue weighted by Crippen LogP contribution is 2.39. The molecule has 19 heavy (non-hydrogen) atoms. The van der Waals surface area contributed by atoms with Gasteiger partial charge in [-0.3, -0.25) is 9.69 Å². The highest BCUT2D eigenvalue weighted by Gasteiger charge is 2.44. The number of carboxylic acid groups (broad SMARTS) is 1. The van der Waals surface area contributed by atoms with Crippen LogP contribution < -0.4 is 4.72 Å². The van der Waals surface area contributed by atoms with Crippen molar-refractivity contribution in [3.8, 4) is 0 Å². The summed E-state index contributed by atoms with van der Waals surface area (Å²) in [5, 5.41) is 9.31. The van der Waals surface area contributed by atoms with Gasteiger partial charge in [0.05, 0.1) is 6.26 Å². The maximum absolute atomic E-state index is 11.3. The predicted octanol–water partition coefficient (Wildman–Crippen LogP) is 0.253. The number of likely N-dealkylation sites (tertiary alicyclic amines) is 1. The molecule has 3 unspecified atom stereocenters. The molecular formula is C12H22N2O4S. The first kappa shape index (κ1) is 14.7. The van der Waals surface area contributed by atoms with E-state index in [1.54, 1.807) is 0 Å². The van der Waals surface area contributed by atoms with Crippen LogP contribution in [-0.2, 0) is 14.8 Å². The van der Waals surface area contributed by atoms with E-state index in [2.05, 4.69) is 4.72 Å². The van der Waals surface area contributed by atoms with Crippen molar-refractivity contribution in [1.29, 1.82) is 0 Å². The largest absolute Gasteiger partial charge is 0.480 e. The summed E-state index contributed by atoms with van der Waals surface area (Å²) in [5.74, 6) is -0.318. The summed E-state index contributed by atoms with van der Waals surface area (Å²) in [4.78, 5) is 13.3. The fraction of sp³-hybridized carbons (Fsp3) is 0.917. The van der Waals surface area contributed by atoms with Gasteiger partial charge in [-0.2, -0.15) is 0 Å². The summed E-state index contributed by atoms with van der Waals surface area (Å²) < 4.78 is 24.6. The lowest BCUT2D eigenvalue weighted by Crippen LogP contribution is -2.45. The van der Waals surface area contributed by atoms with Crippen LogP contribution >= 0.6 is 0 Å². The third-order valence-electron chi connectivity index (χ3n) is 4.24. The third-order valence-corrected chi connectivity index (χ3v) is 4.97. The van der Waals surface area contributed by atoms with Crippen molar-refractivity contribution in [2.45, 2.75) is 44.2 Å². The van der Waals surface area contributed by atoms with Crippen molar-refractivity contribution < 1.29 is 18.3 Å². The van der Waals surface area contributed by atoms with Crippen LogP contribution in [0.3, 0.4) is 0 Å². The van der Waals surface area contributed by atoms with Crippen LogP contribution in [0.15, 0.2) is 0 Å². The molecule has 0 aromatic rings. The SMILES string of the molecule is CS(=O)(=O)NCCN1C(C(=O)O)CC2CCCCC21. The lowest BCUT2D eigenvalue weighted by Gasteiger charge is -2.32. The van der Waals surface area contributed by atoms with E-state index in [4.69, 9.17) is 0 Å². The average Bonchev–Trinajstić information content (AvgIpc) is 2.67. The molecule has 0 amide bonds. The highest BCUT2D eigenvalue weighted by atomic mass is 32.2. The summed E-state index contributed by atoms with van der Waals surface area (Å²) in [6, 6.07) is -0.134. The molecule has 1 saturated heterocycles. The lowest BCUT2D eigenvalue weighted by atomic mass is 9.85. The third kappa shape index (κ3) is 3.67. The number of hydrogen-bond donors (Lipinski definition) is 2. The first-order chi connectivity index (χ1) is 8.88. The Morgan fingerprint density at radius 2 is 2.05 bits per heavy atom. The van der Waals surface area contributed by atoms with Gasteiger partial charge in [0.1, 0.15) is 6.04 Å². The second kappa shape index (κ2) is 5.76. The second-order valence-corrected chi connectivity index (χ2v) is 7.44. The van der Waals surface area contributed by atoms with Crippen molar-refractivity contribution in [2.75, 3.05) is 19.3 Å². The minimum Gasteiger partial charge on any atom is -0.480 e. The predicted molar refractivity (Wildman–Crippen MR) is 71.3 cm³/mol. The van der Waals surface area contributed by atoms with Crippen LogP contribution in [0.25, 0.3) is 0 Å². The smallest absolute Gasteiger partial charge is 0.320 e. The topological polar surface area (TPSA) is 86.7 Å². The Morgan fingerprint density at radius 3 is 2.68 bits per heavy atom. The Hall–Kier alpha value is -0.660. The van der Waals surface area contributed by atoms with E-state index in [1.807, 2.05) is 4.90 Å². The van der Waals surface area contributed by atoms with Gasteiger partial charge in [-0.25, -0.2) is 13.1 Å². The van der Waals surface area contributed by atoms with Gasteiger partial charge in [0.25, 0.3) is 0 Å². The van der Waals surface area contributed by atoms with Gasteiger partial charge < -0.3 is 5.11 Å². The van der Waals surface area contributed by atoms with E-state index in [1.165, 1.54) is 6.42 Å². The molecule has 1 heterocycles. The summed E-state index contributed by atoms with van der Waals surface area (Å²) in [7, 11) is -3.21. The number of rotatable bonds is 5. The van der Waals surface area contributed by atoms with E-state index < -0.39 is 22.0 Å². The first-order valence-electron chi connectivity index (χ1n) is 6.81. The Kier molecular flexibility index (Phi) is 4.47. The van der Waals surface area contributed by atoms with E-state index in [-0.39, 0.29) is 6.54 Å². The van der Waals surface area contributed by atoms with Gasteiger partial charge in [-0.05, 0) is 25.2 Å². The van der Waals surface area contributed by atoms with Gasteiger partial charge >= 0.3 is 5.97 Å². The van der Waals surface area contributed by atoms with Gasteiger partial charge in [0, 0.05) is 19.1 Å². The highest BCUT2D eigenvalue weighted by molar-refractivity contribution is 7.88. The Labute approximate surface area is 114 Å². The van der Waals surface area contributed by atoms with Crippen LogP contribution in [0.4, 0.5) is 0 Å². The molecule has 2 rings (SSSR count). The molecule has 2 fully saturated rings. The van der Waals surface area contributed by atoms with E-state index in [9.17, 15) is 18.3 Å². The molecule has 3 atom stereocenters. The molecule has 0 aromatic carbocycles. The van der Waals surface area contributed by atoms with E-state index >= 15 is 0 Å². The van der Waals surface area contributed by atoms with Crippen molar-refractivity contribution >= 4 is 16.0 Å². The molecule has 2 N–H and O–H groups in total. The number of sulfonamides is 1. The molecule has 2 aliphatic rings. The van der Waals surface area contributed by atoms with Gasteiger partial charge in [-0.15, -0.1) is 0 Å². The van der Waals surface area contributed by atoms with Crippen molar-refractivity contribution in [3.05, 3.63) is 0 Å². The summed E-state index contributed by atoms with van der Waals surface area (Å²) in [5.41, 5.74) is 0. The average molecular weight is 290 g/mol. The van der Waals surface area contributed by atoms with E-state index in [0.717, 1.165) is 25.5 Å². The molecule has 0 bridgehead atoms. The number of nitrogens with zero attached hydrogens (tertiary/aromatic N) is 1. The monoisotopic (exact) mass is 290 g/mol. The summed E-state index contributed by atoms with van der Waals surface area (Å²) in [6.45, 7) is 0.761. The van der Waals surface area contributed by atoms with Gasteiger partial charge in [-0.1, -0.05) is 12.8 Å². The number of carbonyl (C=O) groups is 1. The zero-order chi connectivity index (χ0) is 14.0. The van der Waals surface area contributed by atoms with Crippen molar-refractivity contribution in [3.63, 3.8) is 0 Å². The van der Waals surface area contributed by atoms with Crippen LogP contribution in [0.5, 0.6) is 0 Å². The Morgan fingerprint density at radius 1 is 1.37 bits per heavy atom. The standard InChI is InChI=1S/C12H22N2O4S/c1-19(17,18)13-6-7-14-10-5-3-2-4-9(10)8-11(14)12(15)16/h9-11,13H,2-8H2,1H3,(H,15,16). The Balaban J connectivity index is 1.99. The minimum atomic E-state index is -3.21. The van der Waals surface area contributed by atoms with Gasteiger partial charge in [0.2, 0.25) is 10.0 Å². The van der Waals surface area contributed by atoms with E-state index in [0.29, 0.717) is 24.9 Å². The zero-order valence-corrected chi connectivity index (χ0v) is 12.0. The van der Waals surface area contributed by atoms with Crippen LogP contribution in [-0.4, -0.2) is 55.8 Å². The molecule has 1 saturated carbocycles. The lowest BCUT2D eigenvalue weighted by molar-refractivity contribution is -0.142. The molecule has 7 heteroatoms. The molecule has 110 valence electrons. The van der Waals surface area contributed by atoms with Crippen LogP contribution in [0, 0.1) is 5.92 Å². The zero-order valence-electron chi connectivity index (χ0n) is 11.2. The molecule has 1 aliphatic carbocycles. The number of nitrogens with one attached hydrogen (secondary N) is 1.